The van der Waals surface area contributed by atoms with Crippen LogP contribution in [0.5, 0.6) is 0 Å². The number of carbonyl (C=O) groups excluding carboxylic acids is 2. The molecule has 1 amide bonds. The molecule has 32 heavy (non-hydrogen) atoms. The van der Waals surface area contributed by atoms with Crippen LogP contribution < -0.4 is 21.3 Å². The number of ether oxygens (including phenoxy) is 2. The van der Waals surface area contributed by atoms with Gasteiger partial charge >= 0.3 is 12.1 Å². The second-order valence-corrected chi connectivity index (χ2v) is 8.46. The van der Waals surface area contributed by atoms with E-state index in [4.69, 9.17) is 41.4 Å². The third-order valence-electron chi connectivity index (χ3n) is 4.36. The standard InChI is InChI=1S/C21H30N4O4S3/c1-12(17(30)22-13(2)18(31)24-15(4)20(26)28-5)23-19(32)14(3)25-21(27)29-11-16-9-7-6-8-10-16/h6-10,12-15H,11H2,1-5H3,(H,22,30)(H,23,32)(H,24,31)(H,25,27)/t12-,13-,14-,15-/m0/s1. The van der Waals surface area contributed by atoms with Crippen LogP contribution in [-0.2, 0) is 20.9 Å². The molecule has 0 bridgehead atoms. The van der Waals surface area contributed by atoms with Crippen LogP contribution in [0.3, 0.4) is 0 Å². The molecule has 0 saturated heterocycles. The number of esters is 1. The van der Waals surface area contributed by atoms with Gasteiger partial charge in [-0.05, 0) is 33.3 Å². The van der Waals surface area contributed by atoms with E-state index in [1.165, 1.54) is 7.11 Å². The van der Waals surface area contributed by atoms with Crippen LogP contribution in [0, 0.1) is 0 Å². The fourth-order valence-electron chi connectivity index (χ4n) is 2.39. The van der Waals surface area contributed by atoms with E-state index >= 15 is 0 Å². The minimum absolute atomic E-state index is 0.171. The first-order chi connectivity index (χ1) is 15.0. The molecule has 8 nitrogen and oxygen atoms in total. The van der Waals surface area contributed by atoms with Crippen molar-refractivity contribution in [3.63, 3.8) is 0 Å². The molecule has 0 aliphatic rings. The summed E-state index contributed by atoms with van der Waals surface area (Å²) in [6.07, 6.45) is -0.566. The predicted molar refractivity (Wildman–Crippen MR) is 137 cm³/mol. The molecule has 4 N–H and O–H groups in total. The van der Waals surface area contributed by atoms with E-state index in [1.807, 2.05) is 44.2 Å². The van der Waals surface area contributed by atoms with E-state index in [9.17, 15) is 9.59 Å². The third-order valence-corrected chi connectivity index (χ3v) is 5.77. The number of hydrogen-bond donors (Lipinski definition) is 4. The maximum Gasteiger partial charge on any atom is 0.408 e. The molecule has 1 aromatic rings. The highest BCUT2D eigenvalue weighted by Crippen LogP contribution is 2.01. The van der Waals surface area contributed by atoms with Crippen molar-refractivity contribution in [2.75, 3.05) is 7.11 Å². The molecule has 1 rings (SSSR count). The van der Waals surface area contributed by atoms with Crippen molar-refractivity contribution in [1.29, 1.82) is 0 Å². The number of hydrogen-bond acceptors (Lipinski definition) is 7. The van der Waals surface area contributed by atoms with Crippen LogP contribution in [0.25, 0.3) is 0 Å². The molecule has 0 saturated carbocycles. The van der Waals surface area contributed by atoms with E-state index in [-0.39, 0.29) is 18.7 Å². The van der Waals surface area contributed by atoms with Crippen molar-refractivity contribution in [2.24, 2.45) is 0 Å². The Balaban J connectivity index is 2.43. The lowest BCUT2D eigenvalue weighted by molar-refractivity contribution is -0.142. The van der Waals surface area contributed by atoms with Gasteiger partial charge in [0.05, 0.1) is 40.2 Å². The normalized spacial score (nSPS) is 14.0. The Hall–Kier alpha value is -2.37. The number of alkyl carbamates (subject to hydrolysis) is 1. The summed E-state index contributed by atoms with van der Waals surface area (Å²) in [6, 6.07) is 7.73. The first-order valence-corrected chi connectivity index (χ1v) is 11.2. The number of benzene rings is 1. The molecule has 0 aliphatic carbocycles. The Bertz CT molecular complexity index is 823. The van der Waals surface area contributed by atoms with Gasteiger partial charge in [-0.15, -0.1) is 0 Å². The van der Waals surface area contributed by atoms with Crippen LogP contribution in [0.2, 0.25) is 0 Å². The average molecular weight is 499 g/mol. The molecule has 0 spiro atoms. The van der Waals surface area contributed by atoms with Gasteiger partial charge in [-0.25, -0.2) is 9.59 Å². The van der Waals surface area contributed by atoms with Crippen molar-refractivity contribution in [3.05, 3.63) is 35.9 Å². The summed E-state index contributed by atoms with van der Waals surface area (Å²) in [7, 11) is 1.31. The Kier molecular flexibility index (Phi) is 12.0. The molecule has 11 heteroatoms. The quantitative estimate of drug-likeness (QED) is 0.284. The van der Waals surface area contributed by atoms with Gasteiger partial charge < -0.3 is 30.7 Å². The number of methoxy groups -OCH3 is 1. The van der Waals surface area contributed by atoms with Gasteiger partial charge in [0.1, 0.15) is 12.6 Å². The van der Waals surface area contributed by atoms with Gasteiger partial charge in [-0.2, -0.15) is 0 Å². The number of carbonyl (C=O) groups is 2. The SMILES string of the molecule is COC(=O)[C@H](C)NC(=S)[C@H](C)NC(=S)[C@H](C)NC(=S)[C@H](C)NC(=O)OCc1ccccc1. The maximum absolute atomic E-state index is 12.0. The van der Waals surface area contributed by atoms with Crippen molar-refractivity contribution < 1.29 is 19.1 Å². The molecule has 0 radical (unpaired) electrons. The highest BCUT2D eigenvalue weighted by molar-refractivity contribution is 7.81. The third kappa shape index (κ3) is 9.84. The van der Waals surface area contributed by atoms with Gasteiger partial charge in [0.2, 0.25) is 0 Å². The number of rotatable bonds is 10. The van der Waals surface area contributed by atoms with Crippen LogP contribution in [-0.4, -0.2) is 58.3 Å². The van der Waals surface area contributed by atoms with E-state index < -0.39 is 24.1 Å². The summed E-state index contributed by atoms with van der Waals surface area (Å²) >= 11 is 16.1. The summed E-state index contributed by atoms with van der Waals surface area (Å²) in [5.41, 5.74) is 0.892. The van der Waals surface area contributed by atoms with Crippen molar-refractivity contribution >= 4 is 63.7 Å². The second kappa shape index (κ2) is 13.9. The highest BCUT2D eigenvalue weighted by atomic mass is 32.1. The minimum atomic E-state index is -0.568. The predicted octanol–water partition coefficient (Wildman–Crippen LogP) is 2.39. The summed E-state index contributed by atoms with van der Waals surface area (Å²) in [4.78, 5) is 24.9. The van der Waals surface area contributed by atoms with Gasteiger partial charge in [-0.1, -0.05) is 67.0 Å². The molecule has 0 fully saturated rings. The van der Waals surface area contributed by atoms with E-state index in [1.54, 1.807) is 13.8 Å². The van der Waals surface area contributed by atoms with E-state index in [0.717, 1.165) is 5.56 Å². The minimum Gasteiger partial charge on any atom is -0.467 e. The smallest absolute Gasteiger partial charge is 0.408 e. The zero-order valence-corrected chi connectivity index (χ0v) is 21.2. The molecule has 1 aromatic carbocycles. The fourth-order valence-corrected chi connectivity index (χ4v) is 3.10. The van der Waals surface area contributed by atoms with Crippen molar-refractivity contribution in [1.82, 2.24) is 21.3 Å². The monoisotopic (exact) mass is 498 g/mol. The lowest BCUT2D eigenvalue weighted by Crippen LogP contribution is -2.54. The van der Waals surface area contributed by atoms with Crippen molar-refractivity contribution in [3.8, 4) is 0 Å². The maximum atomic E-state index is 12.0. The summed E-state index contributed by atoms with van der Waals surface area (Å²) in [5, 5.41) is 11.8. The number of amides is 1. The Morgan fingerprint density at radius 3 is 1.69 bits per heavy atom. The van der Waals surface area contributed by atoms with Crippen LogP contribution in [0.4, 0.5) is 4.79 Å². The molecule has 0 heterocycles. The molecular weight excluding hydrogens is 468 g/mol. The summed E-state index contributed by atoms with van der Waals surface area (Å²) in [5.74, 6) is -0.411. The van der Waals surface area contributed by atoms with Gasteiger partial charge in [0, 0.05) is 0 Å². The molecule has 4 atom stereocenters. The topological polar surface area (TPSA) is 101 Å². The van der Waals surface area contributed by atoms with Gasteiger partial charge in [0.15, 0.2) is 0 Å². The van der Waals surface area contributed by atoms with Crippen LogP contribution >= 0.6 is 36.7 Å². The van der Waals surface area contributed by atoms with E-state index in [0.29, 0.717) is 15.0 Å². The molecular formula is C21H30N4O4S3. The Morgan fingerprint density at radius 1 is 0.781 bits per heavy atom. The van der Waals surface area contributed by atoms with Gasteiger partial charge in [0.25, 0.3) is 0 Å². The number of thiocarbonyl (C=S) groups is 3. The van der Waals surface area contributed by atoms with Crippen LogP contribution in [0.15, 0.2) is 30.3 Å². The largest absolute Gasteiger partial charge is 0.467 e. The Morgan fingerprint density at radius 2 is 1.22 bits per heavy atom. The molecule has 176 valence electrons. The zero-order chi connectivity index (χ0) is 24.3. The van der Waals surface area contributed by atoms with Crippen LogP contribution in [0.1, 0.15) is 33.3 Å². The molecule has 0 aromatic heterocycles. The number of nitrogens with one attached hydrogen (secondary N) is 4. The highest BCUT2D eigenvalue weighted by Gasteiger charge is 2.21. The van der Waals surface area contributed by atoms with Crippen molar-refractivity contribution in [2.45, 2.75) is 58.5 Å². The Labute approximate surface area is 205 Å². The average Bonchev–Trinajstić information content (AvgIpc) is 2.77. The summed E-state index contributed by atoms with van der Waals surface area (Å²) < 4.78 is 9.88. The molecule has 0 unspecified atom stereocenters. The first-order valence-electron chi connectivity index (χ1n) is 10.0. The first kappa shape index (κ1) is 27.7. The van der Waals surface area contributed by atoms with Gasteiger partial charge in [-0.3, -0.25) is 0 Å². The lowest BCUT2D eigenvalue weighted by atomic mass is 10.2. The molecule has 0 aliphatic heterocycles. The summed E-state index contributed by atoms with van der Waals surface area (Å²) in [6.45, 7) is 7.24. The zero-order valence-electron chi connectivity index (χ0n) is 18.8. The lowest BCUT2D eigenvalue weighted by Gasteiger charge is -2.25. The fraction of sp³-hybridized carbons (Fsp3) is 0.476. The second-order valence-electron chi connectivity index (χ2n) is 7.14. The van der Waals surface area contributed by atoms with E-state index in [2.05, 4.69) is 26.0 Å².